The fourth-order valence-corrected chi connectivity index (χ4v) is 2.05. The molecule has 1 saturated carbocycles. The molecular weight excluding hydrogens is 231 g/mol. The standard InChI is InChI=1S/C12H10Cl2O/c13-11-4-3-9(7-12(11)14)10-6-8(10)2-1-5-15/h1-5,7-8,10H,6H2/b2-1+/t8-,10+/m1/s1. The van der Waals surface area contributed by atoms with Crippen LogP contribution < -0.4 is 0 Å². The summed E-state index contributed by atoms with van der Waals surface area (Å²) in [4.78, 5) is 10.2. The molecule has 0 spiro atoms. The molecule has 1 aliphatic carbocycles. The highest BCUT2D eigenvalue weighted by atomic mass is 35.5. The van der Waals surface area contributed by atoms with Gasteiger partial charge in [0.05, 0.1) is 10.0 Å². The van der Waals surface area contributed by atoms with E-state index in [1.165, 1.54) is 5.56 Å². The molecule has 0 aromatic heterocycles. The first kappa shape index (κ1) is 10.7. The van der Waals surface area contributed by atoms with Gasteiger partial charge in [-0.1, -0.05) is 35.3 Å². The van der Waals surface area contributed by atoms with E-state index in [-0.39, 0.29) is 0 Å². The predicted molar refractivity (Wildman–Crippen MR) is 62.5 cm³/mol. The van der Waals surface area contributed by atoms with Crippen LogP contribution in [0.3, 0.4) is 0 Å². The second-order valence-electron chi connectivity index (χ2n) is 3.70. The predicted octanol–water partition coefficient (Wildman–Crippen LogP) is 3.85. The van der Waals surface area contributed by atoms with Crippen molar-refractivity contribution >= 4 is 29.5 Å². The Morgan fingerprint density at radius 2 is 2.07 bits per heavy atom. The lowest BCUT2D eigenvalue weighted by Gasteiger charge is -2.00. The zero-order chi connectivity index (χ0) is 10.8. The summed E-state index contributed by atoms with van der Waals surface area (Å²) in [5.41, 5.74) is 1.20. The Kier molecular flexibility index (Phi) is 3.13. The van der Waals surface area contributed by atoms with Crippen LogP contribution in [-0.2, 0) is 4.79 Å². The molecule has 1 aromatic carbocycles. The van der Waals surface area contributed by atoms with Gasteiger partial charge in [0.1, 0.15) is 6.29 Å². The number of halogens is 2. The van der Waals surface area contributed by atoms with Gasteiger partial charge < -0.3 is 0 Å². The van der Waals surface area contributed by atoms with Crippen LogP contribution in [0, 0.1) is 5.92 Å². The third-order valence-corrected chi connectivity index (χ3v) is 3.39. The quantitative estimate of drug-likeness (QED) is 0.580. The Hall–Kier alpha value is -0.790. The number of aldehydes is 1. The van der Waals surface area contributed by atoms with E-state index < -0.39 is 0 Å². The molecule has 3 heteroatoms. The van der Waals surface area contributed by atoms with E-state index in [0.717, 1.165) is 12.7 Å². The maximum Gasteiger partial charge on any atom is 0.142 e. The number of rotatable bonds is 3. The van der Waals surface area contributed by atoms with Crippen LogP contribution in [-0.4, -0.2) is 6.29 Å². The van der Waals surface area contributed by atoms with Crippen molar-refractivity contribution in [1.82, 2.24) is 0 Å². The summed E-state index contributed by atoms with van der Waals surface area (Å²) in [6.07, 6.45) is 5.40. The summed E-state index contributed by atoms with van der Waals surface area (Å²) in [5.74, 6) is 0.975. The van der Waals surface area contributed by atoms with Gasteiger partial charge in [-0.15, -0.1) is 0 Å². The Morgan fingerprint density at radius 3 is 2.73 bits per heavy atom. The summed E-state index contributed by atoms with van der Waals surface area (Å²) in [6.45, 7) is 0. The third kappa shape index (κ3) is 2.42. The van der Waals surface area contributed by atoms with Crippen LogP contribution in [0.1, 0.15) is 17.9 Å². The summed E-state index contributed by atoms with van der Waals surface area (Å²) in [5, 5.41) is 1.18. The maximum atomic E-state index is 10.2. The van der Waals surface area contributed by atoms with E-state index >= 15 is 0 Å². The fourth-order valence-electron chi connectivity index (χ4n) is 1.74. The van der Waals surface area contributed by atoms with Crippen molar-refractivity contribution < 1.29 is 4.79 Å². The van der Waals surface area contributed by atoms with Gasteiger partial charge in [0, 0.05) is 0 Å². The SMILES string of the molecule is O=C/C=C/[C@@H]1C[C@@H]1c1ccc(Cl)c(Cl)c1. The minimum atomic E-state index is 0.479. The van der Waals surface area contributed by atoms with Gasteiger partial charge in [-0.05, 0) is 42.0 Å². The zero-order valence-electron chi connectivity index (χ0n) is 7.99. The third-order valence-electron chi connectivity index (χ3n) is 2.65. The molecule has 0 heterocycles. The molecule has 0 saturated heterocycles. The van der Waals surface area contributed by atoms with Crippen LogP contribution in [0.25, 0.3) is 0 Å². The first-order chi connectivity index (χ1) is 7.22. The van der Waals surface area contributed by atoms with Gasteiger partial charge in [0.15, 0.2) is 0 Å². The summed E-state index contributed by atoms with van der Waals surface area (Å²) >= 11 is 11.8. The Balaban J connectivity index is 2.10. The highest BCUT2D eigenvalue weighted by Crippen LogP contribution is 2.49. The summed E-state index contributed by atoms with van der Waals surface area (Å²) in [7, 11) is 0. The number of benzene rings is 1. The van der Waals surface area contributed by atoms with Gasteiger partial charge >= 0.3 is 0 Å². The number of hydrogen-bond acceptors (Lipinski definition) is 1. The Labute approximate surface area is 98.7 Å². The van der Waals surface area contributed by atoms with Crippen molar-refractivity contribution in [3.63, 3.8) is 0 Å². The van der Waals surface area contributed by atoms with E-state index in [2.05, 4.69) is 0 Å². The first-order valence-electron chi connectivity index (χ1n) is 4.79. The van der Waals surface area contributed by atoms with Crippen molar-refractivity contribution in [1.29, 1.82) is 0 Å². The van der Waals surface area contributed by atoms with Gasteiger partial charge in [0.25, 0.3) is 0 Å². The normalized spacial score (nSPS) is 24.4. The number of carbonyl (C=O) groups is 1. The highest BCUT2D eigenvalue weighted by molar-refractivity contribution is 6.42. The van der Waals surface area contributed by atoms with Gasteiger partial charge in [0.2, 0.25) is 0 Å². The molecule has 0 radical (unpaired) electrons. The first-order valence-corrected chi connectivity index (χ1v) is 5.55. The summed E-state index contributed by atoms with van der Waals surface area (Å²) < 4.78 is 0. The number of carbonyl (C=O) groups excluding carboxylic acids is 1. The van der Waals surface area contributed by atoms with E-state index in [0.29, 0.717) is 21.9 Å². The molecule has 1 aliphatic rings. The smallest absolute Gasteiger partial charge is 0.142 e. The van der Waals surface area contributed by atoms with Crippen LogP contribution >= 0.6 is 23.2 Å². The fraction of sp³-hybridized carbons (Fsp3) is 0.250. The minimum Gasteiger partial charge on any atom is -0.299 e. The molecule has 0 amide bonds. The van der Waals surface area contributed by atoms with E-state index in [1.807, 2.05) is 24.3 Å². The average molecular weight is 241 g/mol. The van der Waals surface area contributed by atoms with Crippen molar-refractivity contribution in [3.8, 4) is 0 Å². The second-order valence-corrected chi connectivity index (χ2v) is 4.51. The van der Waals surface area contributed by atoms with Crippen molar-refractivity contribution in [2.24, 2.45) is 5.92 Å². The highest BCUT2D eigenvalue weighted by Gasteiger charge is 2.36. The molecule has 0 aliphatic heterocycles. The van der Waals surface area contributed by atoms with Crippen LogP contribution in [0.2, 0.25) is 10.0 Å². The van der Waals surface area contributed by atoms with Crippen molar-refractivity contribution in [2.75, 3.05) is 0 Å². The van der Waals surface area contributed by atoms with E-state index in [4.69, 9.17) is 23.2 Å². The molecule has 0 unspecified atom stereocenters. The largest absolute Gasteiger partial charge is 0.299 e. The van der Waals surface area contributed by atoms with Gasteiger partial charge in [-0.2, -0.15) is 0 Å². The van der Waals surface area contributed by atoms with Crippen LogP contribution in [0.15, 0.2) is 30.4 Å². The topological polar surface area (TPSA) is 17.1 Å². The molecule has 15 heavy (non-hydrogen) atoms. The molecule has 0 N–H and O–H groups in total. The monoisotopic (exact) mass is 240 g/mol. The molecular formula is C12H10Cl2O. The van der Waals surface area contributed by atoms with Gasteiger partial charge in [-0.25, -0.2) is 0 Å². The molecule has 1 nitrogen and oxygen atoms in total. The lowest BCUT2D eigenvalue weighted by molar-refractivity contribution is -0.104. The molecule has 1 aromatic rings. The molecule has 0 bridgehead atoms. The van der Waals surface area contributed by atoms with Crippen molar-refractivity contribution in [2.45, 2.75) is 12.3 Å². The van der Waals surface area contributed by atoms with Crippen LogP contribution in [0.4, 0.5) is 0 Å². The lowest BCUT2D eigenvalue weighted by atomic mass is 10.1. The minimum absolute atomic E-state index is 0.479. The Bertz CT molecular complexity index is 412. The maximum absolute atomic E-state index is 10.2. The number of allylic oxidation sites excluding steroid dienone is 2. The molecule has 2 atom stereocenters. The van der Waals surface area contributed by atoms with Crippen LogP contribution in [0.5, 0.6) is 0 Å². The summed E-state index contributed by atoms with van der Waals surface area (Å²) in [6, 6.07) is 5.72. The molecule has 78 valence electrons. The molecule has 2 rings (SSSR count). The van der Waals surface area contributed by atoms with E-state index in [1.54, 1.807) is 6.08 Å². The van der Waals surface area contributed by atoms with Crippen molar-refractivity contribution in [3.05, 3.63) is 46.0 Å². The second kappa shape index (κ2) is 4.38. The average Bonchev–Trinajstić information content (AvgIpc) is 2.98. The van der Waals surface area contributed by atoms with E-state index in [9.17, 15) is 4.79 Å². The Morgan fingerprint density at radius 1 is 1.27 bits per heavy atom. The number of hydrogen-bond donors (Lipinski definition) is 0. The lowest BCUT2D eigenvalue weighted by Crippen LogP contribution is -1.82. The zero-order valence-corrected chi connectivity index (χ0v) is 9.50. The van der Waals surface area contributed by atoms with Gasteiger partial charge in [-0.3, -0.25) is 4.79 Å². The molecule has 1 fully saturated rings.